The highest BCUT2D eigenvalue weighted by Gasteiger charge is 2.27. The number of nitrogens with one attached hydrogen (secondary N) is 1. The van der Waals surface area contributed by atoms with Crippen molar-refractivity contribution >= 4 is 11.9 Å². The van der Waals surface area contributed by atoms with E-state index < -0.39 is 17.9 Å². The van der Waals surface area contributed by atoms with Crippen molar-refractivity contribution < 1.29 is 19.2 Å². The molecule has 0 spiro atoms. The van der Waals surface area contributed by atoms with Gasteiger partial charge in [0.1, 0.15) is 5.76 Å². The number of aliphatic carboxylic acids is 1. The largest absolute Gasteiger partial charge is 0.479 e. The molecule has 1 atom stereocenters. The van der Waals surface area contributed by atoms with Crippen LogP contribution in [0.3, 0.4) is 0 Å². The maximum atomic E-state index is 12.9. The average molecular weight is 381 g/mol. The summed E-state index contributed by atoms with van der Waals surface area (Å²) in [4.78, 5) is 24.8. The first-order valence-electron chi connectivity index (χ1n) is 8.93. The molecule has 0 saturated carbocycles. The Hall–Kier alpha value is -3.35. The summed E-state index contributed by atoms with van der Waals surface area (Å²) in [5, 5.41) is 16.4. The number of carboxylic acids is 1. The first kappa shape index (κ1) is 19.4. The molecular weight excluding hydrogens is 358 g/mol. The van der Waals surface area contributed by atoms with Crippen LogP contribution < -0.4 is 5.32 Å². The zero-order chi connectivity index (χ0) is 20.6. The number of carboxylic acid groups (broad SMARTS) is 1. The number of amides is 1. The Morgan fingerprint density at radius 3 is 2.46 bits per heavy atom. The average Bonchev–Trinajstić information content (AvgIpc) is 3.17. The summed E-state index contributed by atoms with van der Waals surface area (Å²) in [6.07, 6.45) is 0. The second-order valence-electron chi connectivity index (χ2n) is 6.95. The van der Waals surface area contributed by atoms with Crippen LogP contribution >= 0.6 is 0 Å². The van der Waals surface area contributed by atoms with E-state index in [0.29, 0.717) is 28.4 Å². The van der Waals surface area contributed by atoms with Gasteiger partial charge in [-0.3, -0.25) is 9.36 Å². The Morgan fingerprint density at radius 2 is 1.86 bits per heavy atom. The topological polar surface area (TPSA) is 97.4 Å². The Kier molecular flexibility index (Phi) is 5.09. The fraction of sp³-hybridized carbons (Fsp3) is 0.286. The zero-order valence-corrected chi connectivity index (χ0v) is 16.5. The van der Waals surface area contributed by atoms with Gasteiger partial charge in [-0.25, -0.2) is 4.79 Å². The van der Waals surface area contributed by atoms with Crippen LogP contribution in [0.4, 0.5) is 0 Å². The second-order valence-corrected chi connectivity index (χ2v) is 6.95. The van der Waals surface area contributed by atoms with Crippen LogP contribution in [0.2, 0.25) is 0 Å². The van der Waals surface area contributed by atoms with Crippen LogP contribution in [0.25, 0.3) is 5.82 Å². The van der Waals surface area contributed by atoms with Crippen molar-refractivity contribution in [1.82, 2.24) is 15.0 Å². The minimum Gasteiger partial charge on any atom is -0.479 e. The number of carbonyl (C=O) groups is 2. The van der Waals surface area contributed by atoms with E-state index in [1.807, 2.05) is 26.8 Å². The molecular formula is C21H23N3O4. The Balaban J connectivity index is 1.96. The molecule has 2 heterocycles. The van der Waals surface area contributed by atoms with Gasteiger partial charge in [-0.1, -0.05) is 23.4 Å². The summed E-state index contributed by atoms with van der Waals surface area (Å²) in [7, 11) is 0. The third-order valence-electron chi connectivity index (χ3n) is 5.00. The van der Waals surface area contributed by atoms with Crippen LogP contribution in [0.5, 0.6) is 0 Å². The molecule has 1 amide bonds. The first-order chi connectivity index (χ1) is 13.2. The van der Waals surface area contributed by atoms with E-state index in [9.17, 15) is 14.7 Å². The van der Waals surface area contributed by atoms with Gasteiger partial charge in [-0.2, -0.15) is 0 Å². The lowest BCUT2D eigenvalue weighted by atomic mass is 9.97. The van der Waals surface area contributed by atoms with Crippen LogP contribution in [0, 0.1) is 34.6 Å². The molecule has 1 unspecified atom stereocenters. The molecule has 3 aromatic rings. The molecule has 0 fully saturated rings. The molecule has 2 N–H and O–H groups in total. The van der Waals surface area contributed by atoms with E-state index in [1.54, 1.807) is 42.7 Å². The van der Waals surface area contributed by atoms with Crippen molar-refractivity contribution in [2.45, 2.75) is 40.7 Å². The highest BCUT2D eigenvalue weighted by Crippen LogP contribution is 2.24. The third kappa shape index (κ3) is 3.43. The van der Waals surface area contributed by atoms with E-state index >= 15 is 0 Å². The van der Waals surface area contributed by atoms with Gasteiger partial charge >= 0.3 is 5.97 Å². The number of hydrogen-bond acceptors (Lipinski definition) is 4. The molecule has 7 nitrogen and oxygen atoms in total. The van der Waals surface area contributed by atoms with Crippen molar-refractivity contribution in [2.24, 2.45) is 0 Å². The van der Waals surface area contributed by atoms with Crippen molar-refractivity contribution in [3.63, 3.8) is 0 Å². The zero-order valence-electron chi connectivity index (χ0n) is 16.5. The van der Waals surface area contributed by atoms with Gasteiger partial charge in [-0.05, 0) is 57.4 Å². The second kappa shape index (κ2) is 7.34. The van der Waals surface area contributed by atoms with Gasteiger partial charge in [0, 0.05) is 17.5 Å². The van der Waals surface area contributed by atoms with Crippen molar-refractivity contribution in [3.8, 4) is 5.82 Å². The number of hydrogen-bond donors (Lipinski definition) is 2. The highest BCUT2D eigenvalue weighted by molar-refractivity contribution is 5.98. The fourth-order valence-corrected chi connectivity index (χ4v) is 3.37. The Morgan fingerprint density at radius 1 is 1.14 bits per heavy atom. The van der Waals surface area contributed by atoms with Crippen molar-refractivity contribution in [3.05, 3.63) is 69.7 Å². The summed E-state index contributed by atoms with van der Waals surface area (Å²) >= 11 is 0. The van der Waals surface area contributed by atoms with Gasteiger partial charge < -0.3 is 14.9 Å². The SMILES string of the molecule is Cc1cc(-n2c(C)cc(C(=O)NC(C(=O)O)c3cccc(C)c3C)c2C)no1. The number of aryl methyl sites for hydroxylation is 3. The van der Waals surface area contributed by atoms with Gasteiger partial charge in [0.15, 0.2) is 11.9 Å². The van der Waals surface area contributed by atoms with Gasteiger partial charge in [0.05, 0.1) is 5.56 Å². The molecule has 0 saturated heterocycles. The summed E-state index contributed by atoms with van der Waals surface area (Å²) in [6.45, 7) is 9.20. The molecule has 2 aromatic heterocycles. The molecule has 0 aliphatic heterocycles. The normalized spacial score (nSPS) is 12.0. The lowest BCUT2D eigenvalue weighted by Crippen LogP contribution is -2.34. The number of benzene rings is 1. The monoisotopic (exact) mass is 381 g/mol. The number of carbonyl (C=O) groups excluding carboxylic acids is 1. The predicted octanol–water partition coefficient (Wildman–Crippen LogP) is 3.56. The van der Waals surface area contributed by atoms with E-state index in [4.69, 9.17) is 4.52 Å². The van der Waals surface area contributed by atoms with Crippen molar-refractivity contribution in [2.75, 3.05) is 0 Å². The molecule has 7 heteroatoms. The van der Waals surface area contributed by atoms with Crippen LogP contribution in [-0.4, -0.2) is 26.7 Å². The highest BCUT2D eigenvalue weighted by atomic mass is 16.5. The Labute approximate surface area is 163 Å². The lowest BCUT2D eigenvalue weighted by Gasteiger charge is -2.18. The standard InChI is InChI=1S/C21H23N3O4/c1-11-7-6-8-16(14(11)4)19(21(26)27)22-20(25)17-9-12(2)24(15(17)5)18-10-13(3)28-23-18/h6-10,19H,1-5H3,(H,22,25)(H,26,27). The van der Waals surface area contributed by atoms with Crippen LogP contribution in [0.1, 0.15) is 50.2 Å². The molecule has 0 bridgehead atoms. The minimum absolute atomic E-state index is 0.398. The molecule has 0 aliphatic rings. The molecule has 1 aromatic carbocycles. The molecule has 3 rings (SSSR count). The number of rotatable bonds is 5. The quantitative estimate of drug-likeness (QED) is 0.704. The molecule has 146 valence electrons. The van der Waals surface area contributed by atoms with Gasteiger partial charge in [0.2, 0.25) is 0 Å². The molecule has 0 radical (unpaired) electrons. The van der Waals surface area contributed by atoms with Crippen LogP contribution in [0.15, 0.2) is 34.9 Å². The Bertz CT molecular complexity index is 1060. The lowest BCUT2D eigenvalue weighted by molar-refractivity contribution is -0.139. The molecule has 0 aliphatic carbocycles. The number of aromatic nitrogens is 2. The van der Waals surface area contributed by atoms with E-state index in [-0.39, 0.29) is 0 Å². The van der Waals surface area contributed by atoms with Crippen molar-refractivity contribution in [1.29, 1.82) is 0 Å². The maximum Gasteiger partial charge on any atom is 0.330 e. The predicted molar refractivity (Wildman–Crippen MR) is 104 cm³/mol. The summed E-state index contributed by atoms with van der Waals surface area (Å²) in [6, 6.07) is 7.79. The fourth-order valence-electron chi connectivity index (χ4n) is 3.37. The van der Waals surface area contributed by atoms with E-state index in [2.05, 4.69) is 10.5 Å². The first-order valence-corrected chi connectivity index (χ1v) is 8.93. The van der Waals surface area contributed by atoms with Gasteiger partial charge in [0.25, 0.3) is 5.91 Å². The van der Waals surface area contributed by atoms with E-state index in [0.717, 1.165) is 16.8 Å². The smallest absolute Gasteiger partial charge is 0.330 e. The third-order valence-corrected chi connectivity index (χ3v) is 5.00. The summed E-state index contributed by atoms with van der Waals surface area (Å²) in [5.41, 5.74) is 4.25. The minimum atomic E-state index is -1.13. The summed E-state index contributed by atoms with van der Waals surface area (Å²) < 4.78 is 6.93. The number of nitrogens with zero attached hydrogens (tertiary/aromatic N) is 2. The van der Waals surface area contributed by atoms with Gasteiger partial charge in [-0.15, -0.1) is 0 Å². The maximum absolute atomic E-state index is 12.9. The summed E-state index contributed by atoms with van der Waals surface area (Å²) in [5.74, 6) is -0.318. The molecule has 28 heavy (non-hydrogen) atoms. The van der Waals surface area contributed by atoms with Crippen LogP contribution in [-0.2, 0) is 4.79 Å². The van der Waals surface area contributed by atoms with E-state index in [1.165, 1.54) is 0 Å².